The fourth-order valence-corrected chi connectivity index (χ4v) is 2.31. The molecule has 0 radical (unpaired) electrons. The highest BCUT2D eigenvalue weighted by Crippen LogP contribution is 2.27. The summed E-state index contributed by atoms with van der Waals surface area (Å²) in [6.45, 7) is 2.10. The highest BCUT2D eigenvalue weighted by atomic mass is 32.2. The molecule has 1 N–H and O–H groups in total. The zero-order valence-corrected chi connectivity index (χ0v) is 10.3. The van der Waals surface area contributed by atoms with E-state index in [1.807, 2.05) is 24.3 Å². The molecule has 2 aromatic carbocycles. The summed E-state index contributed by atoms with van der Waals surface area (Å²) in [4.78, 5) is 1.19. The van der Waals surface area contributed by atoms with Gasteiger partial charge in [-0.3, -0.25) is 0 Å². The lowest BCUT2D eigenvalue weighted by Crippen LogP contribution is -1.81. The smallest absolute Gasteiger partial charge is 0.127 e. The van der Waals surface area contributed by atoms with Gasteiger partial charge in [0, 0.05) is 11.0 Å². The van der Waals surface area contributed by atoms with E-state index in [2.05, 4.69) is 6.92 Å². The Morgan fingerprint density at radius 3 is 2.35 bits per heavy atom. The highest BCUT2D eigenvalue weighted by Gasteiger charge is 2.02. The number of hydrogen-bond donors (Lipinski definition) is 1. The summed E-state index contributed by atoms with van der Waals surface area (Å²) in [6, 6.07) is 12.0. The Bertz CT molecular complexity index is 488. The van der Waals surface area contributed by atoms with Crippen molar-refractivity contribution in [3.8, 4) is 16.9 Å². The molecule has 0 aliphatic rings. The van der Waals surface area contributed by atoms with Gasteiger partial charge in [-0.1, -0.05) is 19.1 Å². The number of rotatable bonds is 3. The molecule has 0 bridgehead atoms. The molecule has 0 unspecified atom stereocenters. The van der Waals surface area contributed by atoms with Gasteiger partial charge in [-0.05, 0) is 41.1 Å². The summed E-state index contributed by atoms with van der Waals surface area (Å²) in [5, 5.41) is 9.35. The van der Waals surface area contributed by atoms with Gasteiger partial charge in [0.05, 0.1) is 0 Å². The summed E-state index contributed by atoms with van der Waals surface area (Å²) < 4.78 is 13.1. The van der Waals surface area contributed by atoms with Crippen LogP contribution in [0.5, 0.6) is 5.75 Å². The third-order valence-electron chi connectivity index (χ3n) is 2.38. The molecule has 0 amide bonds. The maximum atomic E-state index is 13.1. The van der Waals surface area contributed by atoms with Crippen molar-refractivity contribution >= 4 is 11.8 Å². The second-order valence-electron chi connectivity index (χ2n) is 3.66. The van der Waals surface area contributed by atoms with Gasteiger partial charge in [-0.2, -0.15) is 0 Å². The van der Waals surface area contributed by atoms with Gasteiger partial charge in [0.15, 0.2) is 0 Å². The van der Waals surface area contributed by atoms with Crippen LogP contribution in [0, 0.1) is 5.82 Å². The third-order valence-corrected chi connectivity index (χ3v) is 3.28. The second kappa shape index (κ2) is 5.23. The topological polar surface area (TPSA) is 20.2 Å². The molecule has 0 aliphatic carbocycles. The number of phenols is 1. The van der Waals surface area contributed by atoms with Crippen molar-refractivity contribution in [1.29, 1.82) is 0 Å². The number of phenolic OH excluding ortho intramolecular Hbond substituents is 1. The van der Waals surface area contributed by atoms with Gasteiger partial charge >= 0.3 is 0 Å². The SMILES string of the molecule is CCSc1ccc(-c2cc(O)cc(F)c2)cc1. The number of hydrogen-bond acceptors (Lipinski definition) is 2. The first-order chi connectivity index (χ1) is 8.19. The number of thioether (sulfide) groups is 1. The molecule has 0 aliphatic heterocycles. The Balaban J connectivity index is 2.32. The fraction of sp³-hybridized carbons (Fsp3) is 0.143. The van der Waals surface area contributed by atoms with Crippen molar-refractivity contribution in [2.45, 2.75) is 11.8 Å². The van der Waals surface area contributed by atoms with Crippen LogP contribution in [0.2, 0.25) is 0 Å². The van der Waals surface area contributed by atoms with E-state index in [0.717, 1.165) is 17.4 Å². The Hall–Kier alpha value is -1.48. The summed E-state index contributed by atoms with van der Waals surface area (Å²) in [5.74, 6) is 0.555. The number of halogens is 1. The van der Waals surface area contributed by atoms with Crippen LogP contribution in [0.25, 0.3) is 11.1 Å². The lowest BCUT2D eigenvalue weighted by Gasteiger charge is -2.04. The van der Waals surface area contributed by atoms with Gasteiger partial charge < -0.3 is 5.11 Å². The molecular weight excluding hydrogens is 235 g/mol. The van der Waals surface area contributed by atoms with Crippen LogP contribution in [0.3, 0.4) is 0 Å². The molecule has 0 saturated heterocycles. The highest BCUT2D eigenvalue weighted by molar-refractivity contribution is 7.99. The molecule has 0 atom stereocenters. The van der Waals surface area contributed by atoms with Crippen molar-refractivity contribution in [2.75, 3.05) is 5.75 Å². The van der Waals surface area contributed by atoms with E-state index >= 15 is 0 Å². The van der Waals surface area contributed by atoms with Gasteiger partial charge in [0.25, 0.3) is 0 Å². The van der Waals surface area contributed by atoms with Crippen LogP contribution in [0.4, 0.5) is 4.39 Å². The predicted octanol–water partition coefficient (Wildman–Crippen LogP) is 4.31. The second-order valence-corrected chi connectivity index (χ2v) is 4.99. The molecule has 2 rings (SSSR count). The van der Waals surface area contributed by atoms with Gasteiger partial charge in [0.2, 0.25) is 0 Å². The van der Waals surface area contributed by atoms with E-state index in [0.29, 0.717) is 5.56 Å². The first-order valence-electron chi connectivity index (χ1n) is 5.42. The molecule has 1 nitrogen and oxygen atoms in total. The lowest BCUT2D eigenvalue weighted by molar-refractivity contribution is 0.469. The molecule has 0 heterocycles. The standard InChI is InChI=1S/C14H13FOS/c1-2-17-14-5-3-10(4-6-14)11-7-12(15)9-13(16)8-11/h3-9,16H,2H2,1H3. The van der Waals surface area contributed by atoms with Crippen molar-refractivity contribution in [3.05, 3.63) is 48.3 Å². The quantitative estimate of drug-likeness (QED) is 0.817. The summed E-state index contributed by atoms with van der Waals surface area (Å²) in [6.07, 6.45) is 0. The van der Waals surface area contributed by atoms with Gasteiger partial charge in [-0.15, -0.1) is 11.8 Å². The Morgan fingerprint density at radius 1 is 1.06 bits per heavy atom. The van der Waals surface area contributed by atoms with E-state index < -0.39 is 5.82 Å². The minimum Gasteiger partial charge on any atom is -0.508 e. The van der Waals surface area contributed by atoms with E-state index in [1.54, 1.807) is 17.8 Å². The summed E-state index contributed by atoms with van der Waals surface area (Å²) in [7, 11) is 0. The number of benzene rings is 2. The zero-order valence-electron chi connectivity index (χ0n) is 9.48. The van der Waals surface area contributed by atoms with Gasteiger partial charge in [-0.25, -0.2) is 4.39 Å². The molecular formula is C14H13FOS. The van der Waals surface area contributed by atoms with Crippen molar-refractivity contribution in [2.24, 2.45) is 0 Å². The molecule has 17 heavy (non-hydrogen) atoms. The monoisotopic (exact) mass is 248 g/mol. The van der Waals surface area contributed by atoms with Crippen LogP contribution in [-0.4, -0.2) is 10.9 Å². The van der Waals surface area contributed by atoms with Crippen LogP contribution >= 0.6 is 11.8 Å². The molecule has 0 saturated carbocycles. The Labute approximate surface area is 104 Å². The molecule has 3 heteroatoms. The van der Waals surface area contributed by atoms with Crippen molar-refractivity contribution in [1.82, 2.24) is 0 Å². The zero-order chi connectivity index (χ0) is 12.3. The Morgan fingerprint density at radius 2 is 1.76 bits per heavy atom. The first-order valence-corrected chi connectivity index (χ1v) is 6.40. The molecule has 88 valence electrons. The molecule has 2 aromatic rings. The van der Waals surface area contributed by atoms with E-state index in [9.17, 15) is 9.50 Å². The molecule has 0 aromatic heterocycles. The summed E-state index contributed by atoms with van der Waals surface area (Å²) in [5.41, 5.74) is 1.59. The number of aromatic hydroxyl groups is 1. The third kappa shape index (κ3) is 3.01. The van der Waals surface area contributed by atoms with E-state index in [-0.39, 0.29) is 5.75 Å². The predicted molar refractivity (Wildman–Crippen MR) is 69.9 cm³/mol. The average Bonchev–Trinajstić information content (AvgIpc) is 2.29. The van der Waals surface area contributed by atoms with Gasteiger partial charge in [0.1, 0.15) is 11.6 Å². The minimum atomic E-state index is -0.424. The van der Waals surface area contributed by atoms with Crippen LogP contribution < -0.4 is 0 Å². The lowest BCUT2D eigenvalue weighted by atomic mass is 10.1. The maximum Gasteiger partial charge on any atom is 0.127 e. The van der Waals surface area contributed by atoms with E-state index in [1.165, 1.54) is 11.0 Å². The van der Waals surface area contributed by atoms with Crippen molar-refractivity contribution in [3.63, 3.8) is 0 Å². The molecule has 0 spiro atoms. The Kier molecular flexibility index (Phi) is 3.69. The maximum absolute atomic E-state index is 13.1. The first kappa shape index (κ1) is 12.0. The largest absolute Gasteiger partial charge is 0.508 e. The fourth-order valence-electron chi connectivity index (χ4n) is 1.65. The van der Waals surface area contributed by atoms with Crippen LogP contribution in [0.15, 0.2) is 47.4 Å². The van der Waals surface area contributed by atoms with E-state index in [4.69, 9.17) is 0 Å². The summed E-state index contributed by atoms with van der Waals surface area (Å²) >= 11 is 1.76. The molecule has 0 fully saturated rings. The van der Waals surface area contributed by atoms with Crippen molar-refractivity contribution < 1.29 is 9.50 Å². The van der Waals surface area contributed by atoms with Crippen LogP contribution in [0.1, 0.15) is 6.92 Å². The minimum absolute atomic E-state index is 0.0491. The average molecular weight is 248 g/mol. The normalized spacial score (nSPS) is 10.5. The van der Waals surface area contributed by atoms with Crippen LogP contribution in [-0.2, 0) is 0 Å².